The molecular formula is C5H14O3S. The summed E-state index contributed by atoms with van der Waals surface area (Å²) in [5.41, 5.74) is 0. The largest absolute Gasteiger partial charge is 0.286 e. The third-order valence-electron chi connectivity index (χ3n) is 0.500. The lowest BCUT2D eigenvalue weighted by atomic mass is 10.4. The molecular weight excluding hydrogens is 140 g/mol. The standard InChI is InChI=1S/C4H10.CH4O3S/c1-3-4-2;1-5(2,3)4/h3-4H2,1-2H3;1H3,(H,2,3,4). The van der Waals surface area contributed by atoms with Crippen molar-refractivity contribution in [3.8, 4) is 0 Å². The molecule has 9 heavy (non-hydrogen) atoms. The van der Waals surface area contributed by atoms with Crippen LogP contribution in [-0.4, -0.2) is 19.2 Å². The molecule has 0 bridgehead atoms. The molecule has 0 atom stereocenters. The Kier molecular flexibility index (Phi) is 7.83. The van der Waals surface area contributed by atoms with E-state index in [1.165, 1.54) is 12.8 Å². The molecule has 58 valence electrons. The lowest BCUT2D eigenvalue weighted by Crippen LogP contribution is -1.88. The maximum atomic E-state index is 9.19. The summed E-state index contributed by atoms with van der Waals surface area (Å²) >= 11 is 0. The smallest absolute Gasteiger partial charge is 0.261 e. The fraction of sp³-hybridized carbons (Fsp3) is 1.00. The fourth-order valence-electron chi connectivity index (χ4n) is 0. The molecule has 0 heterocycles. The van der Waals surface area contributed by atoms with Gasteiger partial charge in [0.2, 0.25) is 0 Å². The van der Waals surface area contributed by atoms with Gasteiger partial charge in [-0.25, -0.2) is 0 Å². The van der Waals surface area contributed by atoms with E-state index in [0.29, 0.717) is 6.26 Å². The van der Waals surface area contributed by atoms with E-state index in [0.717, 1.165) is 0 Å². The maximum Gasteiger partial charge on any atom is 0.261 e. The predicted octanol–water partition coefficient (Wildman–Crippen LogP) is 1.31. The van der Waals surface area contributed by atoms with Crippen LogP contribution in [0.1, 0.15) is 26.7 Å². The molecule has 0 amide bonds. The molecule has 0 aliphatic heterocycles. The van der Waals surface area contributed by atoms with Crippen LogP contribution < -0.4 is 0 Å². The second kappa shape index (κ2) is 6.04. The zero-order valence-electron chi connectivity index (χ0n) is 6.09. The van der Waals surface area contributed by atoms with Crippen LogP contribution in [-0.2, 0) is 10.1 Å². The molecule has 1 N–H and O–H groups in total. The summed E-state index contributed by atoms with van der Waals surface area (Å²) in [5, 5.41) is 0. The Balaban J connectivity index is 0. The highest BCUT2D eigenvalue weighted by Gasteiger charge is 1.81. The zero-order valence-corrected chi connectivity index (χ0v) is 6.90. The minimum Gasteiger partial charge on any atom is -0.286 e. The van der Waals surface area contributed by atoms with E-state index in [2.05, 4.69) is 13.8 Å². The van der Waals surface area contributed by atoms with Crippen LogP contribution >= 0.6 is 0 Å². The minimum absolute atomic E-state index is 0.715. The Morgan fingerprint density at radius 1 is 1.22 bits per heavy atom. The number of hydrogen-bond acceptors (Lipinski definition) is 2. The Morgan fingerprint density at radius 2 is 1.33 bits per heavy atom. The van der Waals surface area contributed by atoms with Gasteiger partial charge < -0.3 is 0 Å². The first-order valence-corrected chi connectivity index (χ1v) is 4.69. The summed E-state index contributed by atoms with van der Waals surface area (Å²) in [6.45, 7) is 4.36. The van der Waals surface area contributed by atoms with Gasteiger partial charge in [0.15, 0.2) is 0 Å². The molecule has 0 rings (SSSR count). The average molecular weight is 154 g/mol. The summed E-state index contributed by atoms with van der Waals surface area (Å²) in [4.78, 5) is 0. The molecule has 0 saturated heterocycles. The lowest BCUT2D eigenvalue weighted by Gasteiger charge is -1.69. The van der Waals surface area contributed by atoms with Gasteiger partial charge in [0.25, 0.3) is 10.1 Å². The fourth-order valence-corrected chi connectivity index (χ4v) is 0. The van der Waals surface area contributed by atoms with Gasteiger partial charge in [-0.3, -0.25) is 4.55 Å². The van der Waals surface area contributed by atoms with Crippen molar-refractivity contribution in [1.29, 1.82) is 0 Å². The van der Waals surface area contributed by atoms with Crippen molar-refractivity contribution in [3.05, 3.63) is 0 Å². The van der Waals surface area contributed by atoms with Gasteiger partial charge in [0.05, 0.1) is 6.26 Å². The van der Waals surface area contributed by atoms with Crippen molar-refractivity contribution >= 4 is 10.1 Å². The van der Waals surface area contributed by atoms with E-state index in [9.17, 15) is 8.42 Å². The Morgan fingerprint density at radius 3 is 1.33 bits per heavy atom. The van der Waals surface area contributed by atoms with Crippen LogP contribution in [0.2, 0.25) is 0 Å². The molecule has 0 aliphatic carbocycles. The van der Waals surface area contributed by atoms with Crippen molar-refractivity contribution in [1.82, 2.24) is 0 Å². The Bertz CT molecular complexity index is 115. The second-order valence-electron chi connectivity index (χ2n) is 1.73. The van der Waals surface area contributed by atoms with E-state index < -0.39 is 10.1 Å². The average Bonchev–Trinajstić information content (AvgIpc) is 1.61. The molecule has 0 aliphatic rings. The first-order chi connectivity index (χ1) is 3.91. The van der Waals surface area contributed by atoms with E-state index >= 15 is 0 Å². The van der Waals surface area contributed by atoms with Crippen LogP contribution in [0, 0.1) is 0 Å². The van der Waals surface area contributed by atoms with Gasteiger partial charge in [-0.1, -0.05) is 26.7 Å². The van der Waals surface area contributed by atoms with Gasteiger partial charge >= 0.3 is 0 Å². The van der Waals surface area contributed by atoms with Crippen molar-refractivity contribution < 1.29 is 13.0 Å². The summed E-state index contributed by atoms with van der Waals surface area (Å²) < 4.78 is 25.9. The van der Waals surface area contributed by atoms with Crippen molar-refractivity contribution in [2.24, 2.45) is 0 Å². The van der Waals surface area contributed by atoms with Crippen LogP contribution in [0.5, 0.6) is 0 Å². The third kappa shape index (κ3) is 334. The molecule has 4 heteroatoms. The normalized spacial score (nSPS) is 9.78. The second-order valence-corrected chi connectivity index (χ2v) is 3.20. The van der Waals surface area contributed by atoms with Crippen LogP contribution in [0.3, 0.4) is 0 Å². The van der Waals surface area contributed by atoms with E-state index in [-0.39, 0.29) is 0 Å². The van der Waals surface area contributed by atoms with Gasteiger partial charge in [-0.15, -0.1) is 0 Å². The molecule has 3 nitrogen and oxygen atoms in total. The third-order valence-corrected chi connectivity index (χ3v) is 0.500. The summed E-state index contributed by atoms with van der Waals surface area (Å²) in [6.07, 6.45) is 3.35. The molecule has 0 unspecified atom stereocenters. The van der Waals surface area contributed by atoms with E-state index in [1.807, 2.05) is 0 Å². The van der Waals surface area contributed by atoms with Gasteiger partial charge in [0.1, 0.15) is 0 Å². The Labute approximate surface area is 56.8 Å². The van der Waals surface area contributed by atoms with Gasteiger partial charge in [0, 0.05) is 0 Å². The van der Waals surface area contributed by atoms with Crippen molar-refractivity contribution in [2.75, 3.05) is 6.26 Å². The topological polar surface area (TPSA) is 54.4 Å². The minimum atomic E-state index is -3.67. The van der Waals surface area contributed by atoms with Gasteiger partial charge in [-0.05, 0) is 0 Å². The highest BCUT2D eigenvalue weighted by Crippen LogP contribution is 1.76. The van der Waals surface area contributed by atoms with E-state index in [1.54, 1.807) is 0 Å². The maximum absolute atomic E-state index is 9.19. The monoisotopic (exact) mass is 154 g/mol. The lowest BCUT2D eigenvalue weighted by molar-refractivity contribution is 0.490. The SMILES string of the molecule is CCCC.CS(=O)(=O)O. The molecule has 0 aromatic carbocycles. The zero-order chi connectivity index (χ0) is 7.91. The molecule has 0 aromatic rings. The number of hydrogen-bond donors (Lipinski definition) is 1. The quantitative estimate of drug-likeness (QED) is 0.579. The number of rotatable bonds is 1. The van der Waals surface area contributed by atoms with Crippen molar-refractivity contribution in [2.45, 2.75) is 26.7 Å². The van der Waals surface area contributed by atoms with Crippen molar-refractivity contribution in [3.63, 3.8) is 0 Å². The highest BCUT2D eigenvalue weighted by molar-refractivity contribution is 7.85. The predicted molar refractivity (Wildman–Crippen MR) is 38.1 cm³/mol. The van der Waals surface area contributed by atoms with Gasteiger partial charge in [-0.2, -0.15) is 8.42 Å². The number of unbranched alkanes of at least 4 members (excludes halogenated alkanes) is 1. The first kappa shape index (κ1) is 11.7. The molecule has 0 radical (unpaired) electrons. The van der Waals surface area contributed by atoms with E-state index in [4.69, 9.17) is 4.55 Å². The molecule has 0 fully saturated rings. The summed E-state index contributed by atoms with van der Waals surface area (Å²) in [7, 11) is -3.67. The van der Waals surface area contributed by atoms with Crippen LogP contribution in [0.15, 0.2) is 0 Å². The summed E-state index contributed by atoms with van der Waals surface area (Å²) in [6, 6.07) is 0. The van der Waals surface area contributed by atoms with Crippen LogP contribution in [0.25, 0.3) is 0 Å². The highest BCUT2D eigenvalue weighted by atomic mass is 32.2. The van der Waals surface area contributed by atoms with Crippen LogP contribution in [0.4, 0.5) is 0 Å². The molecule has 0 aromatic heterocycles. The molecule has 0 saturated carbocycles. The molecule has 0 spiro atoms. The summed E-state index contributed by atoms with van der Waals surface area (Å²) in [5.74, 6) is 0. The Hall–Kier alpha value is -0.0900. The first-order valence-electron chi connectivity index (χ1n) is 2.84.